The summed E-state index contributed by atoms with van der Waals surface area (Å²) in [5.74, 6) is 1.32. The van der Waals surface area contributed by atoms with Crippen molar-refractivity contribution in [2.45, 2.75) is 40.5 Å². The van der Waals surface area contributed by atoms with E-state index < -0.39 is 7.12 Å². The van der Waals surface area contributed by atoms with E-state index in [1.54, 1.807) is 24.4 Å². The molecule has 2 N–H and O–H groups in total. The van der Waals surface area contributed by atoms with Crippen molar-refractivity contribution in [1.29, 1.82) is 0 Å². The van der Waals surface area contributed by atoms with Crippen LogP contribution in [0.25, 0.3) is 22.5 Å². The van der Waals surface area contributed by atoms with Crippen molar-refractivity contribution in [2.24, 2.45) is 11.8 Å². The molecule has 0 aliphatic rings. The number of nitrogens with zero attached hydrogens (tertiary/aromatic N) is 2. The fraction of sp³-hybridized carbons (Fsp3) is 0.222. The Bertz CT molecular complexity index is 1460. The predicted octanol–water partition coefficient (Wildman–Crippen LogP) is 7.91. The second-order valence-electron chi connectivity index (χ2n) is 11.0. The van der Waals surface area contributed by atoms with Gasteiger partial charge in [-0.05, 0) is 65.5 Å². The molecule has 0 aliphatic carbocycles. The van der Waals surface area contributed by atoms with Gasteiger partial charge < -0.3 is 10.0 Å². The van der Waals surface area contributed by atoms with E-state index in [0.29, 0.717) is 22.3 Å². The first-order chi connectivity index (χ1) is 20.2. The van der Waals surface area contributed by atoms with Crippen molar-refractivity contribution >= 4 is 24.2 Å². The van der Waals surface area contributed by atoms with E-state index in [9.17, 15) is 0 Å². The average Bonchev–Trinajstić information content (AvgIpc) is 2.99. The standard InChI is InChI=1S/C15H17N.C11H8ClN.C10H15BO2/c1-12(2)10-13-8-9-16-15(11-13)14-6-4-3-5-7-14;12-10-6-7-13-11(8-10)9-4-2-1-3-5-9;1-8(2)7-9-3-5-10(6-4-9)11(12)13/h3-9,11-12H,10H2,1-2H3;1-8H;3-6,8,12-13H,7H2,1-2H3. The van der Waals surface area contributed by atoms with Crippen molar-refractivity contribution in [3.63, 3.8) is 0 Å². The normalized spacial score (nSPS) is 10.4. The average molecular weight is 579 g/mol. The minimum Gasteiger partial charge on any atom is -0.423 e. The van der Waals surface area contributed by atoms with Crippen molar-refractivity contribution in [1.82, 2.24) is 9.97 Å². The highest BCUT2D eigenvalue weighted by Gasteiger charge is 2.09. The van der Waals surface area contributed by atoms with Crippen LogP contribution in [0.1, 0.15) is 38.8 Å². The highest BCUT2D eigenvalue weighted by molar-refractivity contribution is 6.58. The summed E-state index contributed by atoms with van der Waals surface area (Å²) >= 11 is 5.85. The molecule has 0 atom stereocenters. The summed E-state index contributed by atoms with van der Waals surface area (Å²) in [4.78, 5) is 8.64. The zero-order valence-electron chi connectivity index (χ0n) is 24.9. The highest BCUT2D eigenvalue weighted by atomic mass is 35.5. The molecule has 0 bridgehead atoms. The maximum atomic E-state index is 8.85. The van der Waals surface area contributed by atoms with Crippen LogP contribution in [0.5, 0.6) is 0 Å². The van der Waals surface area contributed by atoms with Gasteiger partial charge in [0, 0.05) is 28.5 Å². The van der Waals surface area contributed by atoms with Gasteiger partial charge in [0.15, 0.2) is 0 Å². The van der Waals surface area contributed by atoms with Gasteiger partial charge in [0.2, 0.25) is 0 Å². The lowest BCUT2D eigenvalue weighted by molar-refractivity contribution is 0.426. The molecule has 4 nitrogen and oxygen atoms in total. The van der Waals surface area contributed by atoms with Crippen LogP contribution in [-0.4, -0.2) is 27.1 Å². The monoisotopic (exact) mass is 578 g/mol. The van der Waals surface area contributed by atoms with Crippen LogP contribution in [0.15, 0.2) is 122 Å². The quantitative estimate of drug-likeness (QED) is 0.193. The number of hydrogen-bond acceptors (Lipinski definition) is 4. The van der Waals surface area contributed by atoms with E-state index in [1.807, 2.05) is 72.9 Å². The van der Waals surface area contributed by atoms with Crippen LogP contribution in [0.3, 0.4) is 0 Å². The summed E-state index contributed by atoms with van der Waals surface area (Å²) in [5.41, 5.74) is 7.40. The number of halogens is 1. The first-order valence-corrected chi connectivity index (χ1v) is 14.7. The summed E-state index contributed by atoms with van der Waals surface area (Å²) < 4.78 is 0. The number of aromatic nitrogens is 2. The van der Waals surface area contributed by atoms with Gasteiger partial charge in [-0.3, -0.25) is 9.97 Å². The lowest BCUT2D eigenvalue weighted by Gasteiger charge is -2.06. The zero-order valence-corrected chi connectivity index (χ0v) is 25.6. The summed E-state index contributed by atoms with van der Waals surface area (Å²) in [6.07, 6.45) is 5.76. The molecule has 0 spiro atoms. The van der Waals surface area contributed by atoms with Gasteiger partial charge in [0.05, 0.1) is 11.4 Å². The Balaban J connectivity index is 0.000000174. The van der Waals surface area contributed by atoms with Crippen LogP contribution in [0.4, 0.5) is 0 Å². The minimum absolute atomic E-state index is 0.549. The SMILES string of the molecule is CC(C)Cc1ccc(B(O)O)cc1.CC(C)Cc1ccnc(-c2ccccc2)c1.Clc1ccnc(-c2ccccc2)c1. The molecule has 0 saturated heterocycles. The van der Waals surface area contributed by atoms with E-state index >= 15 is 0 Å². The topological polar surface area (TPSA) is 66.2 Å². The zero-order chi connectivity index (χ0) is 30.3. The third-order valence-corrected chi connectivity index (χ3v) is 6.49. The van der Waals surface area contributed by atoms with Gasteiger partial charge in [-0.1, -0.05) is 124 Å². The second-order valence-corrected chi connectivity index (χ2v) is 11.4. The minimum atomic E-state index is -1.35. The third kappa shape index (κ3) is 11.6. The van der Waals surface area contributed by atoms with Crippen LogP contribution in [0, 0.1) is 11.8 Å². The molecule has 2 aromatic heterocycles. The van der Waals surface area contributed by atoms with Crippen LogP contribution in [-0.2, 0) is 12.8 Å². The first-order valence-electron chi connectivity index (χ1n) is 14.3. The van der Waals surface area contributed by atoms with E-state index in [4.69, 9.17) is 21.6 Å². The van der Waals surface area contributed by atoms with E-state index in [2.05, 4.69) is 61.9 Å². The molecule has 2 heterocycles. The molecule has 0 saturated carbocycles. The highest BCUT2D eigenvalue weighted by Crippen LogP contribution is 2.20. The van der Waals surface area contributed by atoms with Gasteiger partial charge in [-0.2, -0.15) is 0 Å². The number of hydrogen-bond donors (Lipinski definition) is 2. The molecule has 6 heteroatoms. The van der Waals surface area contributed by atoms with Crippen molar-refractivity contribution in [2.75, 3.05) is 0 Å². The Kier molecular flexibility index (Phi) is 13.4. The van der Waals surface area contributed by atoms with Crippen molar-refractivity contribution in [3.05, 3.63) is 138 Å². The summed E-state index contributed by atoms with van der Waals surface area (Å²) in [5, 5.41) is 18.4. The van der Waals surface area contributed by atoms with Crippen molar-refractivity contribution in [3.8, 4) is 22.5 Å². The van der Waals surface area contributed by atoms with Gasteiger partial charge in [0.25, 0.3) is 0 Å². The largest absolute Gasteiger partial charge is 0.488 e. The van der Waals surface area contributed by atoms with Gasteiger partial charge in [0.1, 0.15) is 0 Å². The van der Waals surface area contributed by atoms with Gasteiger partial charge >= 0.3 is 7.12 Å². The molecule has 0 radical (unpaired) electrons. The predicted molar refractivity (Wildman–Crippen MR) is 178 cm³/mol. The molecule has 0 amide bonds. The Hall–Kier alpha value is -3.77. The second kappa shape index (κ2) is 17.3. The lowest BCUT2D eigenvalue weighted by atomic mass is 9.80. The summed E-state index contributed by atoms with van der Waals surface area (Å²) in [6, 6.07) is 35.6. The Morgan fingerprint density at radius 3 is 1.55 bits per heavy atom. The van der Waals surface area contributed by atoms with E-state index in [0.717, 1.165) is 29.8 Å². The maximum absolute atomic E-state index is 8.85. The van der Waals surface area contributed by atoms with Crippen LogP contribution >= 0.6 is 11.6 Å². The van der Waals surface area contributed by atoms with E-state index in [-0.39, 0.29) is 0 Å². The van der Waals surface area contributed by atoms with Gasteiger partial charge in [-0.25, -0.2) is 0 Å². The molecule has 0 fully saturated rings. The smallest absolute Gasteiger partial charge is 0.423 e. The number of rotatable bonds is 7. The Morgan fingerprint density at radius 2 is 1.07 bits per heavy atom. The Labute approximate surface area is 256 Å². The van der Waals surface area contributed by atoms with Crippen LogP contribution in [0.2, 0.25) is 5.02 Å². The molecular formula is C36H40BClN2O2. The van der Waals surface area contributed by atoms with Crippen molar-refractivity contribution < 1.29 is 10.0 Å². The fourth-order valence-electron chi connectivity index (χ4n) is 4.31. The summed E-state index contributed by atoms with van der Waals surface area (Å²) in [6.45, 7) is 8.80. The number of pyridine rings is 2. The Morgan fingerprint density at radius 1 is 0.595 bits per heavy atom. The molecule has 0 unspecified atom stereocenters. The molecule has 3 aromatic carbocycles. The third-order valence-electron chi connectivity index (χ3n) is 6.25. The maximum Gasteiger partial charge on any atom is 0.488 e. The first kappa shape index (κ1) is 32.7. The van der Waals surface area contributed by atoms with Crippen LogP contribution < -0.4 is 5.46 Å². The van der Waals surface area contributed by atoms with Gasteiger partial charge in [-0.15, -0.1) is 0 Å². The molecule has 0 aliphatic heterocycles. The molecule has 5 rings (SSSR count). The molecular weight excluding hydrogens is 539 g/mol. The molecule has 42 heavy (non-hydrogen) atoms. The molecule has 5 aromatic rings. The fourth-order valence-corrected chi connectivity index (χ4v) is 4.47. The molecule has 216 valence electrons. The lowest BCUT2D eigenvalue weighted by Crippen LogP contribution is -2.29. The number of benzene rings is 3. The van der Waals surface area contributed by atoms with E-state index in [1.165, 1.54) is 16.7 Å². The summed E-state index contributed by atoms with van der Waals surface area (Å²) in [7, 11) is -1.35.